The lowest BCUT2D eigenvalue weighted by Crippen LogP contribution is -2.44. The van der Waals surface area contributed by atoms with Gasteiger partial charge in [-0.15, -0.1) is 0 Å². The highest BCUT2D eigenvalue weighted by Gasteiger charge is 2.18. The maximum atomic E-state index is 11.1. The van der Waals surface area contributed by atoms with Crippen LogP contribution in [0.2, 0.25) is 0 Å². The van der Waals surface area contributed by atoms with Crippen molar-refractivity contribution in [1.29, 1.82) is 0 Å². The van der Waals surface area contributed by atoms with Crippen LogP contribution in [0.4, 0.5) is 32.6 Å². The molecule has 1 aromatic heterocycles. The first-order chi connectivity index (χ1) is 9.87. The van der Waals surface area contributed by atoms with Crippen molar-refractivity contribution >= 4 is 35.2 Å². The monoisotopic (exact) mass is 296 g/mol. The van der Waals surface area contributed by atoms with E-state index < -0.39 is 12.2 Å². The molecule has 0 aliphatic rings. The van der Waals surface area contributed by atoms with Gasteiger partial charge in [-0.05, 0) is 13.8 Å². The van der Waals surface area contributed by atoms with Crippen LogP contribution in [0.25, 0.3) is 0 Å². The summed E-state index contributed by atoms with van der Waals surface area (Å²) < 4.78 is 0. The summed E-state index contributed by atoms with van der Waals surface area (Å²) in [6.07, 6.45) is -3.01. The number of pyridine rings is 1. The molecule has 0 aliphatic carbocycles. The molecule has 1 aromatic rings. The molecule has 0 unspecified atom stereocenters. The van der Waals surface area contributed by atoms with Gasteiger partial charge in [0.2, 0.25) is 0 Å². The van der Waals surface area contributed by atoms with Crippen molar-refractivity contribution in [3.05, 3.63) is 6.07 Å². The number of rotatable bonds is 5. The Bertz CT molecular complexity index is 550. The first-order valence-corrected chi connectivity index (χ1v) is 6.11. The largest absolute Gasteiger partial charge is 0.530 e. The zero-order chi connectivity index (χ0) is 16.2. The number of hydrogen-bond donors (Lipinski definition) is 3. The van der Waals surface area contributed by atoms with Gasteiger partial charge < -0.3 is 40.8 Å². The lowest BCUT2D eigenvalue weighted by Gasteiger charge is -2.28. The van der Waals surface area contributed by atoms with Gasteiger partial charge in [0, 0.05) is 19.2 Å². The van der Waals surface area contributed by atoms with E-state index in [-0.39, 0.29) is 36.1 Å². The van der Waals surface area contributed by atoms with Gasteiger partial charge in [-0.1, -0.05) is 0 Å². The van der Waals surface area contributed by atoms with Crippen LogP contribution in [-0.4, -0.2) is 30.3 Å². The molecule has 21 heavy (non-hydrogen) atoms. The number of hydrazine groups is 1. The van der Waals surface area contributed by atoms with E-state index in [1.165, 1.54) is 6.07 Å². The minimum Gasteiger partial charge on any atom is -0.530 e. The van der Waals surface area contributed by atoms with E-state index in [0.29, 0.717) is 0 Å². The summed E-state index contributed by atoms with van der Waals surface area (Å²) in [5, 5.41) is 22.1. The first-order valence-electron chi connectivity index (χ1n) is 6.11. The third kappa shape index (κ3) is 3.23. The molecule has 1 heterocycles. The molecule has 0 saturated carbocycles. The van der Waals surface area contributed by atoms with Gasteiger partial charge >= 0.3 is 0 Å². The molecular formula is C11H16N6O4-2. The fraction of sp³-hybridized carbons (Fsp3) is 0.364. The Balaban J connectivity index is 3.49. The summed E-state index contributed by atoms with van der Waals surface area (Å²) in [4.78, 5) is 27.7. The van der Waals surface area contributed by atoms with Crippen molar-refractivity contribution in [1.82, 2.24) is 4.98 Å². The van der Waals surface area contributed by atoms with E-state index in [1.807, 2.05) is 0 Å². The summed E-state index contributed by atoms with van der Waals surface area (Å²) >= 11 is 0. The van der Waals surface area contributed by atoms with Crippen LogP contribution >= 0.6 is 0 Å². The quantitative estimate of drug-likeness (QED) is 0.427. The smallest absolute Gasteiger partial charge is 0.161 e. The van der Waals surface area contributed by atoms with Crippen molar-refractivity contribution in [2.24, 2.45) is 5.84 Å². The molecule has 10 heteroatoms. The molecule has 0 spiro atoms. The number of carboxylic acid groups (broad SMARTS) is 2. The number of nitrogens with zero attached hydrogens (tertiary/aromatic N) is 3. The molecule has 0 fully saturated rings. The van der Waals surface area contributed by atoms with E-state index in [1.54, 1.807) is 13.8 Å². The number of amides is 2. The van der Waals surface area contributed by atoms with E-state index >= 15 is 0 Å². The van der Waals surface area contributed by atoms with E-state index in [0.717, 1.165) is 9.80 Å². The minimum atomic E-state index is -1.52. The Morgan fingerprint density at radius 2 is 1.76 bits per heavy atom. The van der Waals surface area contributed by atoms with Gasteiger partial charge in [-0.3, -0.25) is 5.84 Å². The summed E-state index contributed by atoms with van der Waals surface area (Å²) in [7, 11) is 0. The van der Waals surface area contributed by atoms with Crippen molar-refractivity contribution in [2.75, 3.05) is 34.0 Å². The number of aromatic nitrogens is 1. The van der Waals surface area contributed by atoms with E-state index in [9.17, 15) is 19.8 Å². The van der Waals surface area contributed by atoms with Crippen LogP contribution < -0.4 is 37.0 Å². The van der Waals surface area contributed by atoms with Crippen LogP contribution in [-0.2, 0) is 0 Å². The fourth-order valence-corrected chi connectivity index (χ4v) is 1.74. The highest BCUT2D eigenvalue weighted by atomic mass is 16.4. The maximum absolute atomic E-state index is 11.1. The van der Waals surface area contributed by atoms with Crippen molar-refractivity contribution in [3.63, 3.8) is 0 Å². The molecule has 2 amide bonds. The number of carbonyl (C=O) groups is 2. The summed E-state index contributed by atoms with van der Waals surface area (Å²) in [6.45, 7) is 3.19. The lowest BCUT2D eigenvalue weighted by molar-refractivity contribution is -0.247. The van der Waals surface area contributed by atoms with Crippen molar-refractivity contribution in [2.45, 2.75) is 13.8 Å². The summed E-state index contributed by atoms with van der Waals surface area (Å²) in [5.74, 6) is 5.08. The van der Waals surface area contributed by atoms with Crippen LogP contribution in [0.1, 0.15) is 13.8 Å². The van der Waals surface area contributed by atoms with E-state index in [4.69, 9.17) is 11.6 Å². The lowest BCUT2D eigenvalue weighted by atomic mass is 10.3. The third-order valence-electron chi connectivity index (χ3n) is 2.79. The van der Waals surface area contributed by atoms with Gasteiger partial charge in [0.1, 0.15) is 23.7 Å². The average molecular weight is 296 g/mol. The second-order valence-electron chi connectivity index (χ2n) is 3.93. The highest BCUT2D eigenvalue weighted by molar-refractivity contribution is 5.93. The number of anilines is 4. The zero-order valence-corrected chi connectivity index (χ0v) is 11.6. The van der Waals surface area contributed by atoms with Crippen molar-refractivity contribution in [3.8, 4) is 0 Å². The minimum absolute atomic E-state index is 0.0183. The van der Waals surface area contributed by atoms with Gasteiger partial charge in [0.15, 0.2) is 5.82 Å². The fourth-order valence-electron chi connectivity index (χ4n) is 1.74. The van der Waals surface area contributed by atoms with E-state index in [2.05, 4.69) is 10.4 Å². The predicted octanol–water partition coefficient (Wildman–Crippen LogP) is -1.71. The summed E-state index contributed by atoms with van der Waals surface area (Å²) in [6, 6.07) is 1.28. The zero-order valence-electron chi connectivity index (χ0n) is 11.6. The maximum Gasteiger partial charge on any atom is 0.161 e. The normalized spacial score (nSPS) is 10.0. The first kappa shape index (κ1) is 16.3. The Hall–Kier alpha value is -2.75. The summed E-state index contributed by atoms with van der Waals surface area (Å²) in [5.41, 5.74) is 8.14. The van der Waals surface area contributed by atoms with Gasteiger partial charge in [0.25, 0.3) is 0 Å². The Labute approximate surface area is 120 Å². The molecular weight excluding hydrogens is 280 g/mol. The molecule has 1 rings (SSSR count). The molecule has 0 bridgehead atoms. The molecule has 0 atom stereocenters. The van der Waals surface area contributed by atoms with Crippen LogP contribution in [0.5, 0.6) is 0 Å². The van der Waals surface area contributed by atoms with Crippen LogP contribution in [0, 0.1) is 0 Å². The number of carbonyl (C=O) groups excluding carboxylic acids is 2. The predicted molar refractivity (Wildman–Crippen MR) is 73.3 cm³/mol. The van der Waals surface area contributed by atoms with Gasteiger partial charge in [-0.25, -0.2) is 4.98 Å². The molecule has 0 aliphatic heterocycles. The number of nitrogen functional groups attached to an aromatic ring is 2. The number of nitrogens with one attached hydrogen (secondary N) is 1. The molecule has 10 nitrogen and oxygen atoms in total. The Kier molecular flexibility index (Phi) is 5.13. The Morgan fingerprint density at radius 1 is 1.24 bits per heavy atom. The highest BCUT2D eigenvalue weighted by Crippen LogP contribution is 2.32. The molecule has 0 radical (unpaired) electrons. The second-order valence-corrected chi connectivity index (χ2v) is 3.93. The Morgan fingerprint density at radius 3 is 2.14 bits per heavy atom. The molecule has 5 N–H and O–H groups in total. The average Bonchev–Trinajstić information content (AvgIpc) is 2.42. The SMILES string of the molecule is CCN(C(=O)[O-])c1cc(NN)c(N)c(N(CC)C(=O)[O-])n1. The molecule has 0 saturated heterocycles. The topological polar surface area (TPSA) is 164 Å². The second kappa shape index (κ2) is 6.61. The van der Waals surface area contributed by atoms with Crippen LogP contribution in [0.3, 0.4) is 0 Å². The number of hydrogen-bond acceptors (Lipinski definition) is 8. The molecule has 116 valence electrons. The van der Waals surface area contributed by atoms with Crippen molar-refractivity contribution < 1.29 is 19.8 Å². The van der Waals surface area contributed by atoms with Crippen LogP contribution in [0.15, 0.2) is 6.07 Å². The van der Waals surface area contributed by atoms with Gasteiger partial charge in [-0.2, -0.15) is 0 Å². The van der Waals surface area contributed by atoms with Gasteiger partial charge in [0.05, 0.1) is 5.69 Å². The third-order valence-corrected chi connectivity index (χ3v) is 2.79. The number of nitrogens with two attached hydrogens (primary N) is 2. The molecule has 0 aromatic carbocycles. The standard InChI is InChI=1S/C11H18N6O4/c1-3-16(10(18)19)7-5-6(15-13)8(12)9(14-7)17(4-2)11(20)21/h5H,3-4,12-13H2,1-2H3,(H,14,15)(H,18,19)(H,20,21)/p-2.